The average Bonchev–Trinajstić information content (AvgIpc) is 3.40. The number of aryl methyl sites for hydroxylation is 1. The van der Waals surface area contributed by atoms with Crippen molar-refractivity contribution in [1.29, 1.82) is 0 Å². The molecule has 0 saturated heterocycles. The fourth-order valence-corrected chi connectivity index (χ4v) is 6.36. The molecule has 32 heavy (non-hydrogen) atoms. The molecule has 0 heterocycles. The smallest absolute Gasteiger partial charge is 0.264 e. The van der Waals surface area contributed by atoms with Gasteiger partial charge in [-0.2, -0.15) is 0 Å². The maximum Gasteiger partial charge on any atom is 0.264 e. The number of ether oxygens (including phenoxy) is 2. The number of hydrogen-bond donors (Lipinski definition) is 1. The zero-order valence-corrected chi connectivity index (χ0v) is 19.5. The monoisotopic (exact) mass is 458 g/mol. The van der Waals surface area contributed by atoms with Crippen LogP contribution in [-0.2, 0) is 14.8 Å². The minimum atomic E-state index is -4.03. The van der Waals surface area contributed by atoms with Crippen molar-refractivity contribution in [3.8, 4) is 11.5 Å². The second kappa shape index (κ2) is 9.02. The van der Waals surface area contributed by atoms with Crippen LogP contribution >= 0.6 is 0 Å². The first kappa shape index (κ1) is 22.5. The second-order valence-corrected chi connectivity index (χ2v) is 10.6. The van der Waals surface area contributed by atoms with Crippen LogP contribution in [0.2, 0.25) is 0 Å². The Hall–Kier alpha value is -2.74. The third-order valence-corrected chi connectivity index (χ3v) is 8.41. The van der Waals surface area contributed by atoms with E-state index < -0.39 is 10.0 Å². The Balaban J connectivity index is 1.68. The number of carbonyl (C=O) groups is 1. The van der Waals surface area contributed by atoms with Crippen LogP contribution in [0.25, 0.3) is 0 Å². The van der Waals surface area contributed by atoms with Gasteiger partial charge in [-0.1, -0.05) is 24.1 Å². The Morgan fingerprint density at radius 3 is 2.41 bits per heavy atom. The lowest BCUT2D eigenvalue weighted by molar-refractivity contribution is -0.120. The van der Waals surface area contributed by atoms with Crippen molar-refractivity contribution in [2.24, 2.45) is 11.8 Å². The Kier molecular flexibility index (Phi) is 6.33. The van der Waals surface area contributed by atoms with Gasteiger partial charge in [0.25, 0.3) is 10.0 Å². The molecule has 4 rings (SSSR count). The first-order chi connectivity index (χ1) is 15.3. The quantitative estimate of drug-likeness (QED) is 0.654. The normalized spacial score (nSPS) is 21.9. The number of fused-ring (bicyclic) bond motifs is 2. The van der Waals surface area contributed by atoms with E-state index in [1.807, 2.05) is 6.92 Å². The lowest BCUT2D eigenvalue weighted by atomic mass is 9.95. The molecule has 2 saturated carbocycles. The molecule has 2 aliphatic rings. The highest BCUT2D eigenvalue weighted by Crippen LogP contribution is 2.44. The van der Waals surface area contributed by atoms with Crippen molar-refractivity contribution in [3.05, 3.63) is 48.0 Å². The molecule has 2 aromatic carbocycles. The molecule has 3 atom stereocenters. The van der Waals surface area contributed by atoms with Crippen molar-refractivity contribution < 1.29 is 22.7 Å². The minimum Gasteiger partial charge on any atom is -0.497 e. The Morgan fingerprint density at radius 2 is 1.81 bits per heavy atom. The topological polar surface area (TPSA) is 84.9 Å². The predicted molar refractivity (Wildman–Crippen MR) is 123 cm³/mol. The van der Waals surface area contributed by atoms with Crippen LogP contribution < -0.4 is 19.1 Å². The summed E-state index contributed by atoms with van der Waals surface area (Å²) in [5.41, 5.74) is 1.21. The lowest BCUT2D eigenvalue weighted by Crippen LogP contribution is -2.46. The van der Waals surface area contributed by atoms with Crippen molar-refractivity contribution in [3.63, 3.8) is 0 Å². The van der Waals surface area contributed by atoms with Crippen LogP contribution in [0.15, 0.2) is 47.4 Å². The van der Waals surface area contributed by atoms with Crippen molar-refractivity contribution >= 4 is 21.6 Å². The Labute approximate surface area is 189 Å². The van der Waals surface area contributed by atoms with E-state index in [0.29, 0.717) is 23.3 Å². The summed E-state index contributed by atoms with van der Waals surface area (Å²) < 4.78 is 39.2. The molecule has 0 spiro atoms. The third kappa shape index (κ3) is 4.41. The molecule has 2 bridgehead atoms. The molecule has 0 aliphatic heterocycles. The molecule has 1 N–H and O–H groups in total. The highest BCUT2D eigenvalue weighted by molar-refractivity contribution is 7.92. The fraction of sp³-hybridized carbons (Fsp3) is 0.458. The highest BCUT2D eigenvalue weighted by Gasteiger charge is 2.40. The van der Waals surface area contributed by atoms with Gasteiger partial charge in [0.1, 0.15) is 18.0 Å². The summed E-state index contributed by atoms with van der Waals surface area (Å²) in [6.45, 7) is 1.55. The SMILES string of the molecule is COc1ccc(OC)c(N(CC(=O)N[C@@H]2C[C@H]3CC[C@@H]2C3)S(=O)(=O)c2ccc(C)cc2)c1. The molecular weight excluding hydrogens is 428 g/mol. The molecule has 0 aromatic heterocycles. The summed E-state index contributed by atoms with van der Waals surface area (Å²) in [5, 5.41) is 3.09. The number of anilines is 1. The van der Waals surface area contributed by atoms with Gasteiger partial charge >= 0.3 is 0 Å². The summed E-state index contributed by atoms with van der Waals surface area (Å²) in [7, 11) is -1.05. The van der Waals surface area contributed by atoms with E-state index >= 15 is 0 Å². The van der Waals surface area contributed by atoms with E-state index in [4.69, 9.17) is 9.47 Å². The van der Waals surface area contributed by atoms with E-state index in [2.05, 4.69) is 5.32 Å². The predicted octanol–water partition coefficient (Wildman–Crippen LogP) is 3.51. The fourth-order valence-electron chi connectivity index (χ4n) is 4.93. The highest BCUT2D eigenvalue weighted by atomic mass is 32.2. The van der Waals surface area contributed by atoms with Gasteiger partial charge in [-0.25, -0.2) is 8.42 Å². The van der Waals surface area contributed by atoms with Gasteiger partial charge in [-0.3, -0.25) is 9.10 Å². The van der Waals surface area contributed by atoms with Crippen molar-refractivity contribution in [1.82, 2.24) is 5.32 Å². The zero-order valence-electron chi connectivity index (χ0n) is 18.7. The standard InChI is InChI=1S/C24H30N2O5S/c1-16-4-9-20(10-5-16)32(28,29)26(22-14-19(30-2)8-11-23(22)31-3)15-24(27)25-21-13-17-6-7-18(21)12-17/h4-5,8-11,14,17-18,21H,6-7,12-13,15H2,1-3H3,(H,25,27)/t17-,18+,21+/m0/s1. The maximum absolute atomic E-state index is 13.7. The summed E-state index contributed by atoms with van der Waals surface area (Å²) in [4.78, 5) is 13.2. The van der Waals surface area contributed by atoms with E-state index in [0.717, 1.165) is 29.1 Å². The number of benzene rings is 2. The molecular formula is C24H30N2O5S. The molecule has 0 unspecified atom stereocenters. The number of nitrogens with one attached hydrogen (secondary N) is 1. The third-order valence-electron chi connectivity index (χ3n) is 6.64. The van der Waals surface area contributed by atoms with Crippen LogP contribution in [0.5, 0.6) is 11.5 Å². The molecule has 7 nitrogen and oxygen atoms in total. The van der Waals surface area contributed by atoms with Crippen LogP contribution in [0.3, 0.4) is 0 Å². The van der Waals surface area contributed by atoms with E-state index in [1.54, 1.807) is 42.5 Å². The average molecular weight is 459 g/mol. The zero-order chi connectivity index (χ0) is 22.9. The van der Waals surface area contributed by atoms with Crippen LogP contribution in [0.1, 0.15) is 31.2 Å². The minimum absolute atomic E-state index is 0.112. The van der Waals surface area contributed by atoms with E-state index in [1.165, 1.54) is 20.6 Å². The number of amides is 1. The van der Waals surface area contributed by atoms with E-state index in [-0.39, 0.29) is 29.1 Å². The molecule has 2 aliphatic carbocycles. The summed E-state index contributed by atoms with van der Waals surface area (Å²) in [5.74, 6) is 1.67. The maximum atomic E-state index is 13.7. The van der Waals surface area contributed by atoms with Crippen LogP contribution in [0.4, 0.5) is 5.69 Å². The summed E-state index contributed by atoms with van der Waals surface area (Å²) in [6.07, 6.45) is 4.49. The second-order valence-electron chi connectivity index (χ2n) is 8.71. The number of sulfonamides is 1. The summed E-state index contributed by atoms with van der Waals surface area (Å²) >= 11 is 0. The largest absolute Gasteiger partial charge is 0.497 e. The molecule has 172 valence electrons. The molecule has 0 radical (unpaired) electrons. The van der Waals surface area contributed by atoms with Gasteiger partial charge in [0.2, 0.25) is 5.91 Å². The van der Waals surface area contributed by atoms with Gasteiger partial charge in [-0.15, -0.1) is 0 Å². The van der Waals surface area contributed by atoms with Gasteiger partial charge in [-0.05, 0) is 62.3 Å². The molecule has 1 amide bonds. The molecule has 2 aromatic rings. The molecule has 2 fully saturated rings. The van der Waals surface area contributed by atoms with Gasteiger partial charge < -0.3 is 14.8 Å². The first-order valence-corrected chi connectivity index (χ1v) is 12.4. The van der Waals surface area contributed by atoms with Crippen LogP contribution in [0, 0.1) is 18.8 Å². The van der Waals surface area contributed by atoms with Crippen LogP contribution in [-0.4, -0.2) is 41.1 Å². The van der Waals surface area contributed by atoms with Crippen molar-refractivity contribution in [2.45, 2.75) is 43.5 Å². The number of rotatable bonds is 8. The number of hydrogen-bond acceptors (Lipinski definition) is 5. The van der Waals surface area contributed by atoms with Gasteiger partial charge in [0, 0.05) is 12.1 Å². The molecule has 8 heteroatoms. The number of nitrogens with zero attached hydrogens (tertiary/aromatic N) is 1. The first-order valence-electron chi connectivity index (χ1n) is 10.9. The Bertz CT molecular complexity index is 1080. The lowest BCUT2D eigenvalue weighted by Gasteiger charge is -2.28. The van der Waals surface area contributed by atoms with Gasteiger partial charge in [0.05, 0.1) is 24.8 Å². The summed E-state index contributed by atoms with van der Waals surface area (Å²) in [6, 6.07) is 11.6. The van der Waals surface area contributed by atoms with Gasteiger partial charge in [0.15, 0.2) is 0 Å². The Morgan fingerprint density at radius 1 is 1.06 bits per heavy atom. The number of carbonyl (C=O) groups excluding carboxylic acids is 1. The van der Waals surface area contributed by atoms with Crippen molar-refractivity contribution in [2.75, 3.05) is 25.1 Å². The number of methoxy groups -OCH3 is 2. The van der Waals surface area contributed by atoms with E-state index in [9.17, 15) is 13.2 Å².